The SMILES string of the molecule is CI.COS(=O)(=O)O. The highest BCUT2D eigenvalue weighted by atomic mass is 127. The van der Waals surface area contributed by atoms with Gasteiger partial charge in [0.1, 0.15) is 0 Å². The van der Waals surface area contributed by atoms with Crippen molar-refractivity contribution >= 4 is 33.0 Å². The monoisotopic (exact) mass is 254 g/mol. The van der Waals surface area contributed by atoms with Gasteiger partial charge in [0, 0.05) is 0 Å². The van der Waals surface area contributed by atoms with Gasteiger partial charge in [-0.1, -0.05) is 22.6 Å². The van der Waals surface area contributed by atoms with Gasteiger partial charge in [0.2, 0.25) is 0 Å². The zero-order chi connectivity index (χ0) is 7.21. The van der Waals surface area contributed by atoms with Gasteiger partial charge < -0.3 is 0 Å². The Bertz CT molecular complexity index is 116. The molecule has 0 aliphatic heterocycles. The maximum absolute atomic E-state index is 9.33. The molecule has 0 fully saturated rings. The van der Waals surface area contributed by atoms with Crippen LogP contribution in [-0.4, -0.2) is 25.0 Å². The van der Waals surface area contributed by atoms with Crippen LogP contribution in [0.3, 0.4) is 0 Å². The fourth-order valence-electron chi connectivity index (χ4n) is 0. The molecular formula is C2H7IO4S. The van der Waals surface area contributed by atoms with E-state index in [0.29, 0.717) is 0 Å². The average Bonchev–Trinajstić information content (AvgIpc) is 1.71. The lowest BCUT2D eigenvalue weighted by atomic mass is 11.8. The van der Waals surface area contributed by atoms with Crippen molar-refractivity contribution in [3.63, 3.8) is 0 Å². The second-order valence-corrected chi connectivity index (χ2v) is 1.78. The summed E-state index contributed by atoms with van der Waals surface area (Å²) < 4.78 is 29.7. The zero-order valence-corrected chi connectivity index (χ0v) is 7.43. The number of rotatable bonds is 1. The molecule has 0 aliphatic rings. The van der Waals surface area contributed by atoms with Crippen LogP contribution in [0.15, 0.2) is 0 Å². The van der Waals surface area contributed by atoms with Crippen LogP contribution in [0, 0.1) is 0 Å². The van der Waals surface area contributed by atoms with E-state index in [4.69, 9.17) is 4.55 Å². The van der Waals surface area contributed by atoms with Crippen LogP contribution in [0.4, 0.5) is 0 Å². The zero-order valence-electron chi connectivity index (χ0n) is 4.46. The van der Waals surface area contributed by atoms with E-state index in [2.05, 4.69) is 26.8 Å². The van der Waals surface area contributed by atoms with Crippen molar-refractivity contribution in [3.05, 3.63) is 0 Å². The lowest BCUT2D eigenvalue weighted by Crippen LogP contribution is -1.96. The molecule has 1 N–H and O–H groups in total. The Balaban J connectivity index is 0. The van der Waals surface area contributed by atoms with Crippen LogP contribution in [0.2, 0.25) is 0 Å². The van der Waals surface area contributed by atoms with E-state index < -0.39 is 10.4 Å². The van der Waals surface area contributed by atoms with Gasteiger partial charge in [0.15, 0.2) is 0 Å². The predicted molar refractivity (Wildman–Crippen MR) is 38.5 cm³/mol. The Morgan fingerprint density at radius 3 is 1.62 bits per heavy atom. The van der Waals surface area contributed by atoms with E-state index in [1.165, 1.54) is 0 Å². The normalized spacial score (nSPS) is 9.50. The maximum Gasteiger partial charge on any atom is 0.397 e. The molecule has 0 aromatic rings. The third kappa shape index (κ3) is 16.0. The van der Waals surface area contributed by atoms with Gasteiger partial charge in [-0.3, -0.25) is 8.74 Å². The van der Waals surface area contributed by atoms with Gasteiger partial charge in [-0.15, -0.1) is 0 Å². The molecule has 0 aromatic heterocycles. The number of halogens is 1. The Kier molecular flexibility index (Phi) is 8.17. The van der Waals surface area contributed by atoms with Gasteiger partial charge in [-0.25, -0.2) is 0 Å². The van der Waals surface area contributed by atoms with Gasteiger partial charge in [-0.05, 0) is 4.93 Å². The first-order valence-electron chi connectivity index (χ1n) is 1.47. The summed E-state index contributed by atoms with van der Waals surface area (Å²) in [5.74, 6) is 0. The Hall–Kier alpha value is 0.600. The lowest BCUT2D eigenvalue weighted by molar-refractivity contribution is 0.324. The molecule has 8 heavy (non-hydrogen) atoms. The fraction of sp³-hybridized carbons (Fsp3) is 1.00. The second kappa shape index (κ2) is 5.73. The largest absolute Gasteiger partial charge is 0.397 e. The third-order valence-electron chi connectivity index (χ3n) is 0.211. The number of hydrogen-bond donors (Lipinski definition) is 1. The highest BCUT2D eigenvalue weighted by Gasteiger charge is 1.93. The lowest BCUT2D eigenvalue weighted by Gasteiger charge is -1.82. The molecule has 0 atom stereocenters. The average molecular weight is 254 g/mol. The Labute approximate surface area is 62.3 Å². The van der Waals surface area contributed by atoms with E-state index in [1.807, 2.05) is 4.93 Å². The summed E-state index contributed by atoms with van der Waals surface area (Å²) in [4.78, 5) is 1.97. The molecule has 0 aliphatic carbocycles. The predicted octanol–water partition coefficient (Wildman–Crippen LogP) is 0.487. The van der Waals surface area contributed by atoms with Crippen molar-refractivity contribution < 1.29 is 17.2 Å². The number of hydrogen-bond acceptors (Lipinski definition) is 3. The van der Waals surface area contributed by atoms with Gasteiger partial charge in [0.05, 0.1) is 7.11 Å². The summed E-state index contributed by atoms with van der Waals surface area (Å²) >= 11 is 2.15. The molecule has 0 bridgehead atoms. The molecular weight excluding hydrogens is 247 g/mol. The van der Waals surface area contributed by atoms with Crippen molar-refractivity contribution in [2.24, 2.45) is 0 Å². The standard InChI is InChI=1S/CH3I.CH4O4S/c1-2;1-5-6(2,3)4/h1H3;1H3,(H,2,3,4). The maximum atomic E-state index is 9.33. The van der Waals surface area contributed by atoms with E-state index in [-0.39, 0.29) is 0 Å². The molecule has 0 saturated heterocycles. The van der Waals surface area contributed by atoms with Crippen molar-refractivity contribution in [3.8, 4) is 0 Å². The second-order valence-electron chi connectivity index (χ2n) is 0.594. The molecule has 0 saturated carbocycles. The first kappa shape index (κ1) is 11.4. The van der Waals surface area contributed by atoms with E-state index in [1.54, 1.807) is 0 Å². The van der Waals surface area contributed by atoms with Crippen LogP contribution in [0.5, 0.6) is 0 Å². The molecule has 0 rings (SSSR count). The molecule has 0 radical (unpaired) electrons. The molecule has 0 spiro atoms. The highest BCUT2D eigenvalue weighted by molar-refractivity contribution is 14.1. The molecule has 52 valence electrons. The third-order valence-corrected chi connectivity index (χ3v) is 0.632. The van der Waals surface area contributed by atoms with Crippen molar-refractivity contribution in [2.75, 3.05) is 12.0 Å². The molecule has 6 heteroatoms. The van der Waals surface area contributed by atoms with E-state index >= 15 is 0 Å². The summed E-state index contributed by atoms with van der Waals surface area (Å²) in [6.45, 7) is 0. The topological polar surface area (TPSA) is 63.6 Å². The first-order valence-corrected chi connectivity index (χ1v) is 4.99. The van der Waals surface area contributed by atoms with E-state index in [0.717, 1.165) is 7.11 Å². The van der Waals surface area contributed by atoms with Crippen LogP contribution in [-0.2, 0) is 14.6 Å². The summed E-state index contributed by atoms with van der Waals surface area (Å²) in [7, 11) is -3.29. The molecule has 0 heterocycles. The summed E-state index contributed by atoms with van der Waals surface area (Å²) in [5.41, 5.74) is 0. The molecule has 0 aromatic carbocycles. The minimum Gasteiger partial charge on any atom is -0.264 e. The minimum absolute atomic E-state index is 0.870. The van der Waals surface area contributed by atoms with Crippen molar-refractivity contribution in [1.82, 2.24) is 0 Å². The first-order chi connectivity index (χ1) is 3.56. The quantitative estimate of drug-likeness (QED) is 0.420. The number of alkyl halides is 1. The summed E-state index contributed by atoms with van der Waals surface area (Å²) in [6.07, 6.45) is 0. The van der Waals surface area contributed by atoms with E-state index in [9.17, 15) is 8.42 Å². The van der Waals surface area contributed by atoms with Gasteiger partial charge in [0.25, 0.3) is 0 Å². The molecule has 0 unspecified atom stereocenters. The highest BCUT2D eigenvalue weighted by Crippen LogP contribution is 1.74. The van der Waals surface area contributed by atoms with Crippen molar-refractivity contribution in [1.29, 1.82) is 0 Å². The molecule has 0 amide bonds. The van der Waals surface area contributed by atoms with Crippen LogP contribution >= 0.6 is 22.6 Å². The smallest absolute Gasteiger partial charge is 0.264 e. The summed E-state index contributed by atoms with van der Waals surface area (Å²) in [5, 5.41) is 0. The van der Waals surface area contributed by atoms with Crippen molar-refractivity contribution in [2.45, 2.75) is 0 Å². The van der Waals surface area contributed by atoms with Crippen LogP contribution < -0.4 is 0 Å². The Morgan fingerprint density at radius 2 is 1.62 bits per heavy atom. The van der Waals surface area contributed by atoms with Gasteiger partial charge in [-0.2, -0.15) is 8.42 Å². The molecule has 4 nitrogen and oxygen atoms in total. The van der Waals surface area contributed by atoms with Gasteiger partial charge >= 0.3 is 10.4 Å². The minimum atomic E-state index is -4.16. The fourth-order valence-corrected chi connectivity index (χ4v) is 0. The Morgan fingerprint density at radius 1 is 1.50 bits per heavy atom. The van der Waals surface area contributed by atoms with Crippen LogP contribution in [0.1, 0.15) is 0 Å². The van der Waals surface area contributed by atoms with Crippen LogP contribution in [0.25, 0.3) is 0 Å². The summed E-state index contributed by atoms with van der Waals surface area (Å²) in [6, 6.07) is 0.